The van der Waals surface area contributed by atoms with E-state index in [0.29, 0.717) is 31.0 Å². The Morgan fingerprint density at radius 3 is 2.71 bits per heavy atom. The predicted octanol–water partition coefficient (Wildman–Crippen LogP) is 1.96. The first kappa shape index (κ1) is 15.9. The van der Waals surface area contributed by atoms with E-state index >= 15 is 0 Å². The number of imide groups is 1. The number of aryl methyl sites for hydroxylation is 1. The Kier molecular flexibility index (Phi) is 4.41. The number of hydrogen-bond donors (Lipinski definition) is 0. The molecule has 0 atom stereocenters. The van der Waals surface area contributed by atoms with Gasteiger partial charge < -0.3 is 9.15 Å². The van der Waals surface area contributed by atoms with E-state index in [0.717, 1.165) is 10.5 Å². The molecule has 1 fully saturated rings. The molecule has 1 aliphatic rings. The largest absolute Gasteiger partial charge is 0.451 e. The van der Waals surface area contributed by atoms with Crippen LogP contribution in [0.4, 0.5) is 0 Å². The van der Waals surface area contributed by atoms with Crippen molar-refractivity contribution in [2.75, 3.05) is 13.2 Å². The van der Waals surface area contributed by atoms with Crippen LogP contribution in [0.15, 0.2) is 34.7 Å². The summed E-state index contributed by atoms with van der Waals surface area (Å²) in [5, 5.41) is 0. The third kappa shape index (κ3) is 3.19. The summed E-state index contributed by atoms with van der Waals surface area (Å²) in [6.07, 6.45) is 0.990. The molecule has 3 rings (SSSR count). The molecule has 2 amide bonds. The van der Waals surface area contributed by atoms with Crippen LogP contribution in [0.2, 0.25) is 0 Å². The van der Waals surface area contributed by atoms with Crippen LogP contribution in [0.1, 0.15) is 29.1 Å². The van der Waals surface area contributed by atoms with E-state index in [1.807, 2.05) is 30.3 Å². The fraction of sp³-hybridized carbons (Fsp3) is 0.294. The highest BCUT2D eigenvalue weighted by Crippen LogP contribution is 2.21. The van der Waals surface area contributed by atoms with Gasteiger partial charge in [0.05, 0.1) is 0 Å². The molecule has 124 valence electrons. The number of oxazole rings is 1. The van der Waals surface area contributed by atoms with Crippen molar-refractivity contribution in [3.05, 3.63) is 41.8 Å². The molecule has 0 bridgehead atoms. The molecule has 0 unspecified atom stereocenters. The number of aromatic nitrogens is 1. The molecule has 0 radical (unpaired) electrons. The molecule has 1 aromatic carbocycles. The number of rotatable bonds is 4. The van der Waals surface area contributed by atoms with Gasteiger partial charge >= 0.3 is 5.97 Å². The second-order valence-corrected chi connectivity index (χ2v) is 5.41. The maximum Gasteiger partial charge on any atom is 0.361 e. The van der Waals surface area contributed by atoms with Crippen LogP contribution < -0.4 is 0 Å². The molecule has 0 N–H and O–H groups in total. The molecule has 7 nitrogen and oxygen atoms in total. The lowest BCUT2D eigenvalue weighted by Gasteiger charge is -2.12. The molecule has 1 aromatic heterocycles. The summed E-state index contributed by atoms with van der Waals surface area (Å²) in [5.74, 6) is -0.890. The van der Waals surface area contributed by atoms with Crippen molar-refractivity contribution in [2.45, 2.75) is 19.8 Å². The maximum atomic E-state index is 12.1. The third-order valence-electron chi connectivity index (χ3n) is 3.71. The number of amides is 2. The van der Waals surface area contributed by atoms with Crippen LogP contribution in [-0.2, 0) is 14.3 Å². The summed E-state index contributed by atoms with van der Waals surface area (Å²) >= 11 is 0. The van der Waals surface area contributed by atoms with Crippen molar-refractivity contribution in [3.63, 3.8) is 0 Å². The number of benzene rings is 1. The highest BCUT2D eigenvalue weighted by atomic mass is 16.5. The lowest BCUT2D eigenvalue weighted by Crippen LogP contribution is -2.35. The van der Waals surface area contributed by atoms with Gasteiger partial charge in [0.2, 0.25) is 11.8 Å². The van der Waals surface area contributed by atoms with Crippen LogP contribution in [0.3, 0.4) is 0 Å². The molecular formula is C17H16N2O5. The summed E-state index contributed by atoms with van der Waals surface area (Å²) < 4.78 is 10.5. The number of ether oxygens (including phenoxy) is 1. The Bertz CT molecular complexity index is 782. The number of nitrogens with zero attached hydrogens (tertiary/aromatic N) is 2. The monoisotopic (exact) mass is 328 g/mol. The zero-order chi connectivity index (χ0) is 17.1. The van der Waals surface area contributed by atoms with Gasteiger partial charge in [-0.1, -0.05) is 18.2 Å². The summed E-state index contributed by atoms with van der Waals surface area (Å²) in [7, 11) is 0. The number of carbonyl (C=O) groups is 3. The number of carbonyl (C=O) groups excluding carboxylic acids is 3. The van der Waals surface area contributed by atoms with Gasteiger partial charge in [-0.3, -0.25) is 14.5 Å². The molecule has 0 aliphatic carbocycles. The van der Waals surface area contributed by atoms with Gasteiger partial charge in [0, 0.05) is 18.5 Å². The first-order chi connectivity index (χ1) is 11.6. The molecular weight excluding hydrogens is 312 g/mol. The number of likely N-dealkylation sites (tertiary alicyclic amines) is 1. The maximum absolute atomic E-state index is 12.1. The van der Waals surface area contributed by atoms with Crippen LogP contribution >= 0.6 is 0 Å². The molecule has 2 heterocycles. The fourth-order valence-electron chi connectivity index (χ4n) is 2.48. The van der Waals surface area contributed by atoms with Crippen LogP contribution in [0, 0.1) is 6.92 Å². The van der Waals surface area contributed by atoms with Crippen LogP contribution in [0.25, 0.3) is 11.5 Å². The normalized spacial score (nSPS) is 14.0. The van der Waals surface area contributed by atoms with Gasteiger partial charge in [-0.05, 0) is 25.5 Å². The van der Waals surface area contributed by atoms with E-state index in [-0.39, 0.29) is 11.6 Å². The standard InChI is InChI=1S/C17H16N2O5/c1-11-15(18-16(24-11)12-6-3-2-4-7-12)17(22)23-10-14(21)19-9-5-8-13(19)20/h2-4,6-7H,5,8-10H2,1H3. The lowest BCUT2D eigenvalue weighted by atomic mass is 10.2. The summed E-state index contributed by atoms with van der Waals surface area (Å²) in [5.41, 5.74) is 0.757. The van der Waals surface area contributed by atoms with Gasteiger partial charge in [-0.25, -0.2) is 9.78 Å². The molecule has 1 aliphatic heterocycles. The molecule has 2 aromatic rings. The third-order valence-corrected chi connectivity index (χ3v) is 3.71. The minimum absolute atomic E-state index is 0.0226. The SMILES string of the molecule is Cc1oc(-c2ccccc2)nc1C(=O)OCC(=O)N1CCCC1=O. The van der Waals surface area contributed by atoms with Gasteiger partial charge in [0.1, 0.15) is 5.76 Å². The van der Waals surface area contributed by atoms with Crippen molar-refractivity contribution in [1.29, 1.82) is 0 Å². The molecule has 24 heavy (non-hydrogen) atoms. The van der Waals surface area contributed by atoms with E-state index in [9.17, 15) is 14.4 Å². The Balaban J connectivity index is 1.66. The van der Waals surface area contributed by atoms with Crippen molar-refractivity contribution in [2.24, 2.45) is 0 Å². The molecule has 7 heteroatoms. The van der Waals surface area contributed by atoms with E-state index in [1.165, 1.54) is 0 Å². The summed E-state index contributed by atoms with van der Waals surface area (Å²) in [4.78, 5) is 40.7. The summed E-state index contributed by atoms with van der Waals surface area (Å²) in [6.45, 7) is 1.48. The molecule has 0 spiro atoms. The van der Waals surface area contributed by atoms with Gasteiger partial charge in [0.25, 0.3) is 5.91 Å². The van der Waals surface area contributed by atoms with Crippen LogP contribution in [0.5, 0.6) is 0 Å². The van der Waals surface area contributed by atoms with Gasteiger partial charge in [-0.15, -0.1) is 0 Å². The summed E-state index contributed by atoms with van der Waals surface area (Å²) in [6, 6.07) is 9.14. The topological polar surface area (TPSA) is 89.7 Å². The second kappa shape index (κ2) is 6.66. The van der Waals surface area contributed by atoms with Crippen LogP contribution in [-0.4, -0.2) is 40.8 Å². The van der Waals surface area contributed by atoms with Crippen molar-refractivity contribution in [1.82, 2.24) is 9.88 Å². The Morgan fingerprint density at radius 1 is 1.29 bits per heavy atom. The van der Waals surface area contributed by atoms with E-state index in [1.54, 1.807) is 6.92 Å². The first-order valence-corrected chi connectivity index (χ1v) is 7.59. The van der Waals surface area contributed by atoms with E-state index in [2.05, 4.69) is 4.98 Å². The molecule has 1 saturated heterocycles. The average molecular weight is 328 g/mol. The second-order valence-electron chi connectivity index (χ2n) is 5.41. The quantitative estimate of drug-likeness (QED) is 0.797. The Labute approximate surface area is 138 Å². The average Bonchev–Trinajstić information content (AvgIpc) is 3.19. The van der Waals surface area contributed by atoms with Crippen molar-refractivity contribution in [3.8, 4) is 11.5 Å². The zero-order valence-corrected chi connectivity index (χ0v) is 13.2. The fourth-order valence-corrected chi connectivity index (χ4v) is 2.48. The van der Waals surface area contributed by atoms with Crippen molar-refractivity contribution < 1.29 is 23.5 Å². The zero-order valence-electron chi connectivity index (χ0n) is 13.2. The number of esters is 1. The first-order valence-electron chi connectivity index (χ1n) is 7.59. The lowest BCUT2D eigenvalue weighted by molar-refractivity contribution is -0.143. The minimum Gasteiger partial charge on any atom is -0.451 e. The predicted molar refractivity (Wildman–Crippen MR) is 82.9 cm³/mol. The van der Waals surface area contributed by atoms with E-state index in [4.69, 9.17) is 9.15 Å². The van der Waals surface area contributed by atoms with Crippen molar-refractivity contribution >= 4 is 17.8 Å². The van der Waals surface area contributed by atoms with Gasteiger partial charge in [0.15, 0.2) is 12.3 Å². The van der Waals surface area contributed by atoms with E-state index < -0.39 is 18.5 Å². The highest BCUT2D eigenvalue weighted by Gasteiger charge is 2.28. The smallest absolute Gasteiger partial charge is 0.361 e. The minimum atomic E-state index is -0.751. The highest BCUT2D eigenvalue weighted by molar-refractivity contribution is 5.98. The number of hydrogen-bond acceptors (Lipinski definition) is 6. The molecule has 0 saturated carbocycles. The Hall–Kier alpha value is -2.96. The van der Waals surface area contributed by atoms with Gasteiger partial charge in [-0.2, -0.15) is 0 Å². The Morgan fingerprint density at radius 2 is 2.04 bits per heavy atom.